The van der Waals surface area contributed by atoms with Gasteiger partial charge in [0, 0.05) is 61.4 Å². The van der Waals surface area contributed by atoms with E-state index in [-0.39, 0.29) is 5.69 Å². The van der Waals surface area contributed by atoms with E-state index in [2.05, 4.69) is 242 Å². The molecule has 6 heteroatoms. The molecular weight excluding hydrogens is 853 g/mol. The molecule has 11 aromatic carbocycles. The van der Waals surface area contributed by atoms with Crippen molar-refractivity contribution in [1.82, 2.24) is 9.13 Å². The number of rotatable bonds is 8. The van der Waals surface area contributed by atoms with Crippen LogP contribution in [0.5, 0.6) is 0 Å². The van der Waals surface area contributed by atoms with Crippen molar-refractivity contribution in [2.24, 2.45) is 0 Å². The van der Waals surface area contributed by atoms with Crippen LogP contribution in [-0.2, 0) is 0 Å². The maximum atomic E-state index is 11.1. The fourth-order valence-electron chi connectivity index (χ4n) is 10.7. The first-order valence-electron chi connectivity index (χ1n) is 23.4. The molecule has 0 aliphatic heterocycles. The van der Waals surface area contributed by atoms with Crippen molar-refractivity contribution in [2.75, 3.05) is 9.80 Å². The lowest BCUT2D eigenvalue weighted by Gasteiger charge is -2.25. The van der Waals surface area contributed by atoms with Crippen molar-refractivity contribution < 1.29 is 0 Å². The molecule has 0 radical (unpaired) electrons. The average Bonchev–Trinajstić information content (AvgIpc) is 3.95. The van der Waals surface area contributed by atoms with Crippen LogP contribution < -0.4 is 9.80 Å². The predicted molar refractivity (Wildman–Crippen MR) is 290 cm³/mol. The van der Waals surface area contributed by atoms with Gasteiger partial charge in [0.15, 0.2) is 0 Å². The zero-order chi connectivity index (χ0) is 46.7. The van der Waals surface area contributed by atoms with E-state index in [1.54, 1.807) is 0 Å². The van der Waals surface area contributed by atoms with Crippen molar-refractivity contribution in [2.45, 2.75) is 0 Å². The second kappa shape index (κ2) is 16.5. The molecule has 70 heavy (non-hydrogen) atoms. The van der Waals surface area contributed by atoms with E-state index in [1.807, 2.05) is 30.3 Å². The molecule has 13 rings (SSSR count). The molecule has 0 aliphatic rings. The Morgan fingerprint density at radius 2 is 0.771 bits per heavy atom. The van der Waals surface area contributed by atoms with Crippen LogP contribution in [0.1, 0.15) is 5.56 Å². The minimum Gasteiger partial charge on any atom is -0.310 e. The molecule has 2 aromatic heterocycles. The van der Waals surface area contributed by atoms with Crippen molar-refractivity contribution in [3.8, 4) is 17.4 Å². The van der Waals surface area contributed by atoms with Gasteiger partial charge in [-0.05, 0) is 131 Å². The van der Waals surface area contributed by atoms with E-state index in [0.29, 0.717) is 11.3 Å². The first kappa shape index (κ1) is 40.4. The van der Waals surface area contributed by atoms with Gasteiger partial charge in [-0.25, -0.2) is 4.85 Å². The summed E-state index contributed by atoms with van der Waals surface area (Å²) in [6.45, 7) is 8.62. The molecule has 0 saturated heterocycles. The molecule has 0 aliphatic carbocycles. The molecule has 0 amide bonds. The van der Waals surface area contributed by atoms with Crippen LogP contribution in [0.4, 0.5) is 39.8 Å². The van der Waals surface area contributed by atoms with Gasteiger partial charge in [0.25, 0.3) is 0 Å². The van der Waals surface area contributed by atoms with Gasteiger partial charge in [0.2, 0.25) is 5.69 Å². The topological polar surface area (TPSA) is 44.5 Å². The molecule has 0 unspecified atom stereocenters. The molecular formula is C64H40N6. The SMILES string of the molecule is [C-]#[N+]c1cc(-n2c3ccc(N(c4ccccc4)c4ccccc4)cc3c3c4ccccc4ccc32)cc(-n2c3ccc(N(c4ccccc4)c4ccccc4)cc3c3c4ccccc4ccc32)c1C#N. The summed E-state index contributed by atoms with van der Waals surface area (Å²) in [5.74, 6) is 0. The lowest BCUT2D eigenvalue weighted by molar-refractivity contribution is 1.13. The van der Waals surface area contributed by atoms with Crippen LogP contribution >= 0.6 is 0 Å². The van der Waals surface area contributed by atoms with Gasteiger partial charge in [-0.3, -0.25) is 0 Å². The van der Waals surface area contributed by atoms with Crippen LogP contribution in [0.2, 0.25) is 0 Å². The number of hydrogen-bond donors (Lipinski definition) is 0. The molecule has 6 nitrogen and oxygen atoms in total. The Morgan fingerprint density at radius 1 is 0.371 bits per heavy atom. The number of aromatic nitrogens is 2. The van der Waals surface area contributed by atoms with Gasteiger partial charge < -0.3 is 18.9 Å². The Balaban J connectivity index is 1.09. The molecule has 326 valence electrons. The highest BCUT2D eigenvalue weighted by molar-refractivity contribution is 6.23. The maximum absolute atomic E-state index is 11.1. The fraction of sp³-hybridized carbons (Fsp3) is 0. The second-order valence-corrected chi connectivity index (χ2v) is 17.5. The minimum absolute atomic E-state index is 0.286. The molecule has 0 spiro atoms. The first-order valence-corrected chi connectivity index (χ1v) is 23.4. The molecule has 2 heterocycles. The van der Waals surface area contributed by atoms with Gasteiger partial charge in [0.05, 0.1) is 46.0 Å². The highest BCUT2D eigenvalue weighted by Gasteiger charge is 2.25. The smallest absolute Gasteiger partial charge is 0.208 e. The van der Waals surface area contributed by atoms with Gasteiger partial charge in [-0.15, -0.1) is 0 Å². The lowest BCUT2D eigenvalue weighted by Crippen LogP contribution is -2.09. The zero-order valence-corrected chi connectivity index (χ0v) is 37.8. The molecule has 0 bridgehead atoms. The van der Waals surface area contributed by atoms with Crippen molar-refractivity contribution in [1.29, 1.82) is 5.26 Å². The van der Waals surface area contributed by atoms with Crippen LogP contribution in [0.3, 0.4) is 0 Å². The van der Waals surface area contributed by atoms with Gasteiger partial charge >= 0.3 is 0 Å². The van der Waals surface area contributed by atoms with Gasteiger partial charge in [0.1, 0.15) is 0 Å². The number of benzene rings is 11. The number of para-hydroxylation sites is 4. The maximum Gasteiger partial charge on any atom is 0.208 e. The Labute approximate surface area is 404 Å². The second-order valence-electron chi connectivity index (χ2n) is 17.5. The highest BCUT2D eigenvalue weighted by Crippen LogP contribution is 2.46. The monoisotopic (exact) mass is 892 g/mol. The summed E-state index contributed by atoms with van der Waals surface area (Å²) < 4.78 is 4.47. The molecule has 13 aromatic rings. The van der Waals surface area contributed by atoms with E-state index in [9.17, 15) is 5.26 Å². The van der Waals surface area contributed by atoms with Crippen LogP contribution in [0, 0.1) is 17.9 Å². The van der Waals surface area contributed by atoms with E-state index >= 15 is 0 Å². The van der Waals surface area contributed by atoms with E-state index in [4.69, 9.17) is 6.57 Å². The molecule has 0 saturated carbocycles. The van der Waals surface area contributed by atoms with Gasteiger partial charge in [-0.1, -0.05) is 133 Å². The summed E-state index contributed by atoms with van der Waals surface area (Å²) in [5, 5.41) is 20.0. The standard InChI is InChI=1S/C64H40N6/c1-66-57-40-51(69-58-36-32-49(67(45-20-6-2-7-21-45)46-22-8-3-9-23-46)38-54(58)63-52-28-16-14-18-43(52)30-34-60(63)69)41-62(56(57)42-65)70-59-37-33-50(68(47-24-10-4-11-25-47)48-26-12-5-13-27-48)39-55(59)64-53-29-17-15-19-44(53)31-35-61(64)70/h2-41H. The van der Waals surface area contributed by atoms with Gasteiger partial charge in [-0.2, -0.15) is 5.26 Å². The zero-order valence-electron chi connectivity index (χ0n) is 37.8. The number of nitrogens with zero attached hydrogens (tertiary/aromatic N) is 6. The number of hydrogen-bond acceptors (Lipinski definition) is 3. The van der Waals surface area contributed by atoms with Crippen molar-refractivity contribution >= 4 is 105 Å². The van der Waals surface area contributed by atoms with Crippen LogP contribution in [-0.4, -0.2) is 9.13 Å². The van der Waals surface area contributed by atoms with E-state index in [0.717, 1.165) is 105 Å². The molecule has 0 fully saturated rings. The molecule has 0 atom stereocenters. The van der Waals surface area contributed by atoms with Crippen molar-refractivity contribution in [3.05, 3.63) is 260 Å². The summed E-state index contributed by atoms with van der Waals surface area (Å²) in [4.78, 5) is 8.67. The molecule has 0 N–H and O–H groups in total. The third kappa shape index (κ3) is 6.40. The Morgan fingerprint density at radius 3 is 1.21 bits per heavy atom. The van der Waals surface area contributed by atoms with E-state index < -0.39 is 0 Å². The summed E-state index contributed by atoms with van der Waals surface area (Å²) in [6.07, 6.45) is 0. The normalized spacial score (nSPS) is 11.4. The third-order valence-corrected chi connectivity index (χ3v) is 13.7. The average molecular weight is 893 g/mol. The summed E-state index contributed by atoms with van der Waals surface area (Å²) in [6, 6.07) is 87.3. The van der Waals surface area contributed by atoms with Crippen LogP contribution in [0.15, 0.2) is 243 Å². The number of anilines is 6. The summed E-state index contributed by atoms with van der Waals surface area (Å²) in [5.41, 5.74) is 12.1. The Hall–Kier alpha value is -9.88. The summed E-state index contributed by atoms with van der Waals surface area (Å²) in [7, 11) is 0. The number of fused-ring (bicyclic) bond motifs is 10. The minimum atomic E-state index is 0.286. The summed E-state index contributed by atoms with van der Waals surface area (Å²) >= 11 is 0. The quantitative estimate of drug-likeness (QED) is 0.143. The van der Waals surface area contributed by atoms with E-state index in [1.165, 1.54) is 0 Å². The number of nitriles is 1. The highest BCUT2D eigenvalue weighted by atomic mass is 15.1. The predicted octanol–water partition coefficient (Wildman–Crippen LogP) is 17.5. The lowest BCUT2D eigenvalue weighted by atomic mass is 10.0. The Kier molecular flexibility index (Phi) is 9.50. The van der Waals surface area contributed by atoms with Crippen LogP contribution in [0.25, 0.3) is 81.4 Å². The largest absolute Gasteiger partial charge is 0.310 e. The first-order chi connectivity index (χ1) is 34.7. The van der Waals surface area contributed by atoms with Crippen molar-refractivity contribution in [3.63, 3.8) is 0 Å². The Bertz CT molecular complexity index is 4180. The third-order valence-electron chi connectivity index (χ3n) is 13.7. The fourth-order valence-corrected chi connectivity index (χ4v) is 10.7.